The molecule has 1 aromatic heterocycles. The second-order valence-corrected chi connectivity index (χ2v) is 7.08. The number of ether oxygens (including phenoxy) is 2. The van der Waals surface area contributed by atoms with Gasteiger partial charge in [0.05, 0.1) is 36.0 Å². The highest BCUT2D eigenvalue weighted by Crippen LogP contribution is 2.42. The molecule has 1 atom stereocenters. The summed E-state index contributed by atoms with van der Waals surface area (Å²) in [4.78, 5) is 33.1. The van der Waals surface area contributed by atoms with Crippen LogP contribution in [0.25, 0.3) is 0 Å². The Kier molecular flexibility index (Phi) is 5.33. The highest BCUT2D eigenvalue weighted by Gasteiger charge is 2.51. The van der Waals surface area contributed by atoms with E-state index in [0.717, 1.165) is 19.4 Å². The molecule has 1 spiro atoms. The number of likely N-dealkylation sites (tertiary alicyclic amines) is 1. The number of hydrogen-bond acceptors (Lipinski definition) is 7. The van der Waals surface area contributed by atoms with E-state index in [-0.39, 0.29) is 11.5 Å². The standard InChI is InChI=1S/C19H24N4O4/c1-13-15(17(24)27-3)10-14(11-20)16(21-13)23-7-5-19(12-23)4-6-22(18(19)25)8-9-26-2/h10H,4-9,12H2,1-3H3. The van der Waals surface area contributed by atoms with Gasteiger partial charge in [0.15, 0.2) is 0 Å². The van der Waals surface area contributed by atoms with E-state index in [1.165, 1.54) is 13.2 Å². The quantitative estimate of drug-likeness (QED) is 0.715. The zero-order valence-electron chi connectivity index (χ0n) is 15.9. The summed E-state index contributed by atoms with van der Waals surface area (Å²) in [6.07, 6.45) is 1.53. The lowest BCUT2D eigenvalue weighted by molar-refractivity contribution is -0.135. The second kappa shape index (κ2) is 7.53. The third-order valence-corrected chi connectivity index (χ3v) is 5.54. The molecule has 2 saturated heterocycles. The van der Waals surface area contributed by atoms with Gasteiger partial charge in [-0.3, -0.25) is 4.79 Å². The number of pyridine rings is 1. The molecule has 2 aliphatic rings. The van der Waals surface area contributed by atoms with Crippen LogP contribution in [0.1, 0.15) is 34.5 Å². The second-order valence-electron chi connectivity index (χ2n) is 7.08. The van der Waals surface area contributed by atoms with E-state index >= 15 is 0 Å². The number of amides is 1. The van der Waals surface area contributed by atoms with Gasteiger partial charge in [-0.1, -0.05) is 0 Å². The van der Waals surface area contributed by atoms with Gasteiger partial charge in [-0.15, -0.1) is 0 Å². The van der Waals surface area contributed by atoms with E-state index in [4.69, 9.17) is 9.47 Å². The van der Waals surface area contributed by atoms with E-state index in [9.17, 15) is 14.9 Å². The molecule has 1 amide bonds. The average Bonchev–Trinajstić information content (AvgIpc) is 3.24. The van der Waals surface area contributed by atoms with Gasteiger partial charge >= 0.3 is 5.97 Å². The number of esters is 1. The Morgan fingerprint density at radius 2 is 2.11 bits per heavy atom. The van der Waals surface area contributed by atoms with Gasteiger partial charge in [0.1, 0.15) is 11.9 Å². The molecule has 144 valence electrons. The van der Waals surface area contributed by atoms with Crippen LogP contribution in [-0.2, 0) is 14.3 Å². The highest BCUT2D eigenvalue weighted by atomic mass is 16.5. The monoisotopic (exact) mass is 372 g/mol. The van der Waals surface area contributed by atoms with Crippen LogP contribution in [0.15, 0.2) is 6.07 Å². The van der Waals surface area contributed by atoms with Crippen LogP contribution in [0, 0.1) is 23.7 Å². The van der Waals surface area contributed by atoms with Crippen LogP contribution < -0.4 is 4.90 Å². The van der Waals surface area contributed by atoms with Gasteiger partial charge in [0, 0.05) is 33.3 Å². The van der Waals surface area contributed by atoms with E-state index in [1.54, 1.807) is 14.0 Å². The number of nitriles is 1. The van der Waals surface area contributed by atoms with E-state index in [1.807, 2.05) is 9.80 Å². The fourth-order valence-corrected chi connectivity index (χ4v) is 3.97. The Bertz CT molecular complexity index is 804. The molecule has 2 aliphatic heterocycles. The molecule has 0 radical (unpaired) electrons. The Balaban J connectivity index is 1.83. The Morgan fingerprint density at radius 3 is 2.78 bits per heavy atom. The van der Waals surface area contributed by atoms with Crippen molar-refractivity contribution in [3.63, 3.8) is 0 Å². The summed E-state index contributed by atoms with van der Waals surface area (Å²) in [7, 11) is 2.93. The Labute approximate surface area is 158 Å². The van der Waals surface area contributed by atoms with Crippen LogP contribution in [0.4, 0.5) is 5.82 Å². The van der Waals surface area contributed by atoms with Crippen molar-refractivity contribution >= 4 is 17.7 Å². The number of carbonyl (C=O) groups is 2. The maximum Gasteiger partial charge on any atom is 0.339 e. The minimum Gasteiger partial charge on any atom is -0.465 e. The molecule has 0 saturated carbocycles. The fraction of sp³-hybridized carbons (Fsp3) is 0.579. The van der Waals surface area contributed by atoms with Crippen LogP contribution in [0.3, 0.4) is 0 Å². The lowest BCUT2D eigenvalue weighted by Gasteiger charge is -2.24. The summed E-state index contributed by atoms with van der Waals surface area (Å²) < 4.78 is 9.84. The summed E-state index contributed by atoms with van der Waals surface area (Å²) in [5.74, 6) is 0.173. The third kappa shape index (κ3) is 3.35. The molecule has 8 nitrogen and oxygen atoms in total. The number of carbonyl (C=O) groups excluding carboxylic acids is 2. The molecule has 0 N–H and O–H groups in total. The van der Waals surface area contributed by atoms with Crippen molar-refractivity contribution in [1.29, 1.82) is 5.26 Å². The summed E-state index contributed by atoms with van der Waals surface area (Å²) in [6, 6.07) is 3.65. The van der Waals surface area contributed by atoms with E-state index < -0.39 is 11.4 Å². The van der Waals surface area contributed by atoms with Gasteiger partial charge in [-0.05, 0) is 25.8 Å². The minimum atomic E-state index is -0.513. The van der Waals surface area contributed by atoms with Gasteiger partial charge in [0.2, 0.25) is 5.91 Å². The zero-order valence-corrected chi connectivity index (χ0v) is 15.9. The molecule has 3 rings (SSSR count). The predicted octanol–water partition coefficient (Wildman–Crippen LogP) is 1.12. The first-order valence-corrected chi connectivity index (χ1v) is 8.99. The maximum absolute atomic E-state index is 12.9. The molecular formula is C19H24N4O4. The maximum atomic E-state index is 12.9. The summed E-state index contributed by atoms with van der Waals surface area (Å²) >= 11 is 0. The minimum absolute atomic E-state index is 0.156. The summed E-state index contributed by atoms with van der Waals surface area (Å²) in [6.45, 7) is 4.77. The molecule has 27 heavy (non-hydrogen) atoms. The lowest BCUT2D eigenvalue weighted by Crippen LogP contribution is -2.38. The first-order chi connectivity index (χ1) is 13.0. The molecule has 8 heteroatoms. The first kappa shape index (κ1) is 19.1. The number of hydrogen-bond donors (Lipinski definition) is 0. The zero-order chi connectivity index (χ0) is 19.6. The van der Waals surface area contributed by atoms with Crippen LogP contribution in [0.2, 0.25) is 0 Å². The SMILES string of the molecule is COCCN1CCC2(CCN(c3nc(C)c(C(=O)OC)cc3C#N)C2)C1=O. The van der Waals surface area contributed by atoms with Gasteiger partial charge in [-0.25, -0.2) is 9.78 Å². The smallest absolute Gasteiger partial charge is 0.339 e. The number of aryl methyl sites for hydroxylation is 1. The number of anilines is 1. The van der Waals surface area contributed by atoms with Gasteiger partial charge < -0.3 is 19.3 Å². The van der Waals surface area contributed by atoms with Crippen LogP contribution >= 0.6 is 0 Å². The molecule has 0 aliphatic carbocycles. The van der Waals surface area contributed by atoms with Crippen molar-refractivity contribution in [3.8, 4) is 6.07 Å². The van der Waals surface area contributed by atoms with Crippen molar-refractivity contribution < 1.29 is 19.1 Å². The van der Waals surface area contributed by atoms with Crippen molar-refractivity contribution in [1.82, 2.24) is 9.88 Å². The van der Waals surface area contributed by atoms with Crippen molar-refractivity contribution in [2.24, 2.45) is 5.41 Å². The third-order valence-electron chi connectivity index (χ3n) is 5.54. The lowest BCUT2D eigenvalue weighted by atomic mass is 9.85. The van der Waals surface area contributed by atoms with Gasteiger partial charge in [-0.2, -0.15) is 5.26 Å². The van der Waals surface area contributed by atoms with Crippen molar-refractivity contribution in [3.05, 3.63) is 22.9 Å². The summed E-state index contributed by atoms with van der Waals surface area (Å²) in [5, 5.41) is 9.54. The number of nitrogens with zero attached hydrogens (tertiary/aromatic N) is 4. The average molecular weight is 372 g/mol. The highest BCUT2D eigenvalue weighted by molar-refractivity contribution is 5.91. The number of methoxy groups -OCH3 is 2. The number of aromatic nitrogens is 1. The van der Waals surface area contributed by atoms with Crippen molar-refractivity contribution in [2.45, 2.75) is 19.8 Å². The van der Waals surface area contributed by atoms with Crippen LogP contribution in [0.5, 0.6) is 0 Å². The Hall–Kier alpha value is -2.66. The molecule has 1 aromatic rings. The van der Waals surface area contributed by atoms with E-state index in [2.05, 4.69) is 11.1 Å². The fourth-order valence-electron chi connectivity index (χ4n) is 3.97. The topological polar surface area (TPSA) is 95.8 Å². The van der Waals surface area contributed by atoms with Crippen molar-refractivity contribution in [2.75, 3.05) is 51.9 Å². The predicted molar refractivity (Wildman–Crippen MR) is 97.4 cm³/mol. The van der Waals surface area contributed by atoms with Gasteiger partial charge in [0.25, 0.3) is 0 Å². The molecule has 0 aromatic carbocycles. The van der Waals surface area contributed by atoms with Crippen LogP contribution in [-0.4, -0.2) is 68.8 Å². The Morgan fingerprint density at radius 1 is 1.37 bits per heavy atom. The largest absolute Gasteiger partial charge is 0.465 e. The molecular weight excluding hydrogens is 348 g/mol. The molecule has 0 bridgehead atoms. The number of rotatable bonds is 5. The molecule has 3 heterocycles. The van der Waals surface area contributed by atoms with E-state index in [0.29, 0.717) is 43.3 Å². The molecule has 2 fully saturated rings. The normalized spacial score (nSPS) is 21.8. The molecule has 1 unspecified atom stereocenters. The first-order valence-electron chi connectivity index (χ1n) is 8.99. The summed E-state index contributed by atoms with van der Waals surface area (Å²) in [5.41, 5.74) is 0.697.